The molecule has 0 spiro atoms. The number of ether oxygens (including phenoxy) is 2. The van der Waals surface area contributed by atoms with Gasteiger partial charge in [-0.3, -0.25) is 9.59 Å². The molecule has 2 amide bonds. The normalized spacial score (nSPS) is 14.1. The molecule has 1 fully saturated rings. The minimum absolute atomic E-state index is 0.0397. The first-order valence-electron chi connectivity index (χ1n) is 13.1. The number of methoxy groups -OCH3 is 1. The number of hydrogen-bond acceptors (Lipinski definition) is 6. The molecule has 38 heavy (non-hydrogen) atoms. The number of rotatable bonds is 16. The quantitative estimate of drug-likeness (QED) is 0.314. The maximum atomic E-state index is 13.4. The van der Waals surface area contributed by atoms with Crippen LogP contribution >= 0.6 is 0 Å². The fourth-order valence-corrected chi connectivity index (χ4v) is 5.21. The van der Waals surface area contributed by atoms with E-state index in [1.807, 2.05) is 31.2 Å². The average Bonchev–Trinajstić information content (AvgIpc) is 3.73. The molecule has 0 heterocycles. The Hall–Kier alpha value is -2.95. The van der Waals surface area contributed by atoms with Crippen LogP contribution in [0.15, 0.2) is 53.4 Å². The molecule has 0 radical (unpaired) electrons. The van der Waals surface area contributed by atoms with E-state index in [1.54, 1.807) is 43.2 Å². The Kier molecular flexibility index (Phi) is 11.1. The van der Waals surface area contributed by atoms with Crippen LogP contribution in [0.5, 0.6) is 5.75 Å². The Balaban J connectivity index is 1.64. The molecule has 9 nitrogen and oxygen atoms in total. The van der Waals surface area contributed by atoms with Gasteiger partial charge in [0, 0.05) is 38.8 Å². The zero-order valence-electron chi connectivity index (χ0n) is 22.4. The number of carbonyl (C=O) groups excluding carboxylic acids is 2. The summed E-state index contributed by atoms with van der Waals surface area (Å²) < 4.78 is 38.0. The van der Waals surface area contributed by atoms with E-state index in [4.69, 9.17) is 9.47 Å². The number of hydrogen-bond donors (Lipinski definition) is 2. The molecule has 1 saturated carbocycles. The van der Waals surface area contributed by atoms with Gasteiger partial charge >= 0.3 is 0 Å². The predicted molar refractivity (Wildman–Crippen MR) is 145 cm³/mol. The zero-order valence-corrected chi connectivity index (χ0v) is 23.3. The van der Waals surface area contributed by atoms with Crippen LogP contribution in [0.2, 0.25) is 0 Å². The maximum absolute atomic E-state index is 13.4. The lowest BCUT2D eigenvalue weighted by Crippen LogP contribution is -2.48. The first-order chi connectivity index (χ1) is 18.2. The number of aryl methyl sites for hydroxylation is 1. The van der Waals surface area contributed by atoms with E-state index in [0.29, 0.717) is 38.3 Å². The lowest BCUT2D eigenvalue weighted by molar-refractivity contribution is -0.140. The van der Waals surface area contributed by atoms with Crippen molar-refractivity contribution in [2.24, 2.45) is 0 Å². The molecule has 10 heteroatoms. The second-order valence-electron chi connectivity index (χ2n) is 9.43. The maximum Gasteiger partial charge on any atom is 0.242 e. The molecule has 2 N–H and O–H groups in total. The van der Waals surface area contributed by atoms with Gasteiger partial charge in [0.2, 0.25) is 21.8 Å². The fourth-order valence-electron chi connectivity index (χ4n) is 3.91. The van der Waals surface area contributed by atoms with E-state index < -0.39 is 16.1 Å². The van der Waals surface area contributed by atoms with Gasteiger partial charge in [0.05, 0.1) is 12.0 Å². The van der Waals surface area contributed by atoms with Crippen LogP contribution in [0, 0.1) is 0 Å². The molecule has 2 aromatic rings. The third-order valence-corrected chi connectivity index (χ3v) is 7.94. The summed E-state index contributed by atoms with van der Waals surface area (Å²) in [4.78, 5) is 28.0. The van der Waals surface area contributed by atoms with E-state index in [-0.39, 0.29) is 35.7 Å². The third-order valence-electron chi connectivity index (χ3n) is 6.41. The highest BCUT2D eigenvalue weighted by Gasteiger charge is 2.28. The molecular weight excluding hydrogens is 506 g/mol. The summed E-state index contributed by atoms with van der Waals surface area (Å²) >= 11 is 0. The van der Waals surface area contributed by atoms with E-state index >= 15 is 0 Å². The number of nitrogens with one attached hydrogen (secondary N) is 2. The van der Waals surface area contributed by atoms with Crippen LogP contribution in [-0.4, -0.2) is 64.1 Å². The predicted octanol–water partition coefficient (Wildman–Crippen LogP) is 3.03. The second kappa shape index (κ2) is 14.3. The molecule has 0 aromatic heterocycles. The van der Waals surface area contributed by atoms with Crippen molar-refractivity contribution in [3.05, 3.63) is 59.7 Å². The lowest BCUT2D eigenvalue weighted by Gasteiger charge is -2.29. The summed E-state index contributed by atoms with van der Waals surface area (Å²) in [5, 5.41) is 2.90. The Morgan fingerprint density at radius 1 is 1.05 bits per heavy atom. The van der Waals surface area contributed by atoms with Gasteiger partial charge in [0.15, 0.2) is 0 Å². The molecule has 0 saturated heterocycles. The summed E-state index contributed by atoms with van der Waals surface area (Å²) in [5.41, 5.74) is 1.73. The van der Waals surface area contributed by atoms with Crippen LogP contribution < -0.4 is 14.8 Å². The minimum Gasteiger partial charge on any atom is -0.497 e. The van der Waals surface area contributed by atoms with Crippen molar-refractivity contribution in [3.63, 3.8) is 0 Å². The summed E-state index contributed by atoms with van der Waals surface area (Å²) in [6.07, 6.45) is 3.05. The lowest BCUT2D eigenvalue weighted by atomic mass is 10.1. The number of sulfonamides is 1. The summed E-state index contributed by atoms with van der Waals surface area (Å²) in [5.74, 6) is 0.329. The van der Waals surface area contributed by atoms with Crippen molar-refractivity contribution < 1.29 is 27.5 Å². The third kappa shape index (κ3) is 9.11. The van der Waals surface area contributed by atoms with Crippen molar-refractivity contribution in [1.29, 1.82) is 0 Å². The monoisotopic (exact) mass is 545 g/mol. The Bertz CT molecular complexity index is 1150. The van der Waals surface area contributed by atoms with Gasteiger partial charge in [0.1, 0.15) is 11.8 Å². The molecule has 0 aliphatic heterocycles. The van der Waals surface area contributed by atoms with Gasteiger partial charge in [-0.2, -0.15) is 0 Å². The zero-order chi connectivity index (χ0) is 27.5. The van der Waals surface area contributed by atoms with Crippen LogP contribution in [0.4, 0.5) is 0 Å². The van der Waals surface area contributed by atoms with E-state index in [2.05, 4.69) is 10.0 Å². The van der Waals surface area contributed by atoms with Crippen LogP contribution in [-0.2, 0) is 37.3 Å². The molecule has 208 valence electrons. The molecule has 0 bridgehead atoms. The Morgan fingerprint density at radius 3 is 2.32 bits per heavy atom. The summed E-state index contributed by atoms with van der Waals surface area (Å²) in [7, 11) is -1.93. The topological polar surface area (TPSA) is 114 Å². The summed E-state index contributed by atoms with van der Waals surface area (Å²) in [6, 6.07) is 13.4. The van der Waals surface area contributed by atoms with Crippen molar-refractivity contribution in [2.45, 2.75) is 69.5 Å². The standard InChI is InChI=1S/C28H39N3O6S/c1-4-37-19-5-18-29-28(33)21(2)31(20-23-6-13-25(36-3)14-7-23)27(32)17-10-22-8-15-26(16-9-22)38(34,35)30-24-11-12-24/h6-9,13-16,21,24,30H,4-5,10-12,17-20H2,1-3H3,(H,29,33). The SMILES string of the molecule is CCOCCCNC(=O)C(C)N(Cc1ccc(OC)cc1)C(=O)CCc1ccc(S(=O)(=O)NC2CC2)cc1. The van der Waals surface area contributed by atoms with E-state index in [9.17, 15) is 18.0 Å². The highest BCUT2D eigenvalue weighted by atomic mass is 32.2. The number of carbonyl (C=O) groups is 2. The van der Waals surface area contributed by atoms with Gasteiger partial charge in [-0.15, -0.1) is 0 Å². The molecule has 1 atom stereocenters. The van der Waals surface area contributed by atoms with Crippen molar-refractivity contribution in [1.82, 2.24) is 14.9 Å². The summed E-state index contributed by atoms with van der Waals surface area (Å²) in [6.45, 7) is 5.59. The van der Waals surface area contributed by atoms with E-state index in [0.717, 1.165) is 24.0 Å². The van der Waals surface area contributed by atoms with Gasteiger partial charge in [-0.1, -0.05) is 24.3 Å². The Morgan fingerprint density at radius 2 is 1.71 bits per heavy atom. The number of benzene rings is 2. The van der Waals surface area contributed by atoms with E-state index in [1.165, 1.54) is 0 Å². The first-order valence-corrected chi connectivity index (χ1v) is 14.6. The number of amides is 2. The largest absolute Gasteiger partial charge is 0.497 e. The number of nitrogens with zero attached hydrogens (tertiary/aromatic N) is 1. The van der Waals surface area contributed by atoms with Gasteiger partial charge in [-0.25, -0.2) is 13.1 Å². The minimum atomic E-state index is -3.52. The van der Waals surface area contributed by atoms with Gasteiger partial charge in [-0.05, 0) is 74.9 Å². The van der Waals surface area contributed by atoms with Crippen LogP contribution in [0.1, 0.15) is 50.7 Å². The molecule has 1 unspecified atom stereocenters. The molecule has 2 aromatic carbocycles. The van der Waals surface area contributed by atoms with Crippen molar-refractivity contribution in [2.75, 3.05) is 26.9 Å². The van der Waals surface area contributed by atoms with Crippen LogP contribution in [0.3, 0.4) is 0 Å². The smallest absolute Gasteiger partial charge is 0.242 e. The molecule has 1 aliphatic carbocycles. The highest BCUT2D eigenvalue weighted by molar-refractivity contribution is 7.89. The fraction of sp³-hybridized carbons (Fsp3) is 0.500. The van der Waals surface area contributed by atoms with Crippen LogP contribution in [0.25, 0.3) is 0 Å². The van der Waals surface area contributed by atoms with Gasteiger partial charge in [0.25, 0.3) is 0 Å². The average molecular weight is 546 g/mol. The van der Waals surface area contributed by atoms with Gasteiger partial charge < -0.3 is 19.7 Å². The second-order valence-corrected chi connectivity index (χ2v) is 11.1. The molecule has 3 rings (SSSR count). The van der Waals surface area contributed by atoms with Crippen molar-refractivity contribution in [3.8, 4) is 5.75 Å². The van der Waals surface area contributed by atoms with Crippen molar-refractivity contribution >= 4 is 21.8 Å². The molecule has 1 aliphatic rings. The first kappa shape index (κ1) is 29.6. The molecular formula is C28H39N3O6S. The highest BCUT2D eigenvalue weighted by Crippen LogP contribution is 2.22. The Labute approximate surface area is 225 Å².